The first-order chi connectivity index (χ1) is 24.1. The maximum absolute atomic E-state index is 13.0. The highest BCUT2D eigenvalue weighted by molar-refractivity contribution is 5.97. The second kappa shape index (κ2) is 16.2. The summed E-state index contributed by atoms with van der Waals surface area (Å²) >= 11 is 0. The van der Waals surface area contributed by atoms with Crippen LogP contribution in [0.4, 0.5) is 0 Å². The summed E-state index contributed by atoms with van der Waals surface area (Å²) in [6.45, 7) is 19.3. The fourth-order valence-corrected chi connectivity index (χ4v) is 6.99. The molecule has 5 heterocycles. The molecule has 0 atom stereocenters. The van der Waals surface area contributed by atoms with E-state index in [1.165, 1.54) is 25.7 Å². The molecule has 50 heavy (non-hydrogen) atoms. The monoisotopic (exact) mass is 673 g/mol. The van der Waals surface area contributed by atoms with Crippen LogP contribution < -0.4 is 5.32 Å². The molecule has 0 saturated carbocycles. The van der Waals surface area contributed by atoms with Crippen LogP contribution >= 0.6 is 0 Å². The Labute approximate surface area is 295 Å². The number of rotatable bonds is 15. The zero-order valence-electron chi connectivity index (χ0n) is 30.3. The molecule has 0 aromatic carbocycles. The molecule has 4 N–H and O–H groups in total. The first-order valence-electron chi connectivity index (χ1n) is 18.0. The number of hydrogen-bond acceptors (Lipinski definition) is 4. The third kappa shape index (κ3) is 7.91. The fraction of sp³-hybridized carbons (Fsp3) is 0.381. The number of amides is 1. The third-order valence-electron chi connectivity index (χ3n) is 10.1. The minimum Gasteiger partial charge on any atom is -0.481 e. The van der Waals surface area contributed by atoms with Gasteiger partial charge in [0, 0.05) is 52.6 Å². The number of H-pyrrole nitrogens is 2. The van der Waals surface area contributed by atoms with Crippen molar-refractivity contribution in [1.29, 1.82) is 0 Å². The normalized spacial score (nSPS) is 12.8. The Kier molecular flexibility index (Phi) is 11.7. The van der Waals surface area contributed by atoms with E-state index in [1.807, 2.05) is 31.2 Å². The van der Waals surface area contributed by atoms with Gasteiger partial charge in [0.1, 0.15) is 0 Å². The number of carboxylic acid groups (broad SMARTS) is 1. The Morgan fingerprint density at radius 1 is 0.700 bits per heavy atom. The maximum atomic E-state index is 13.0. The van der Waals surface area contributed by atoms with Crippen molar-refractivity contribution in [2.24, 2.45) is 0 Å². The number of carbonyl (C=O) groups excluding carboxylic acids is 1. The lowest BCUT2D eigenvalue weighted by molar-refractivity contribution is -0.136. The second-order valence-corrected chi connectivity index (χ2v) is 13.5. The summed E-state index contributed by atoms with van der Waals surface area (Å²) in [4.78, 5) is 42.1. The Hall–Kier alpha value is -4.98. The van der Waals surface area contributed by atoms with Gasteiger partial charge in [-0.15, -0.1) is 0 Å². The van der Waals surface area contributed by atoms with Crippen molar-refractivity contribution in [2.45, 2.75) is 98.8 Å². The Bertz CT molecular complexity index is 2060. The zero-order valence-corrected chi connectivity index (χ0v) is 30.3. The van der Waals surface area contributed by atoms with Crippen molar-refractivity contribution in [1.82, 2.24) is 25.3 Å². The number of nitrogens with zero attached hydrogens (tertiary/aromatic N) is 2. The average molecular weight is 674 g/mol. The number of hydrogen-bond donors (Lipinski definition) is 4. The van der Waals surface area contributed by atoms with Crippen LogP contribution in [0.3, 0.4) is 0 Å². The van der Waals surface area contributed by atoms with Crippen LogP contribution in [0.2, 0.25) is 0 Å². The Balaban J connectivity index is 1.64. The van der Waals surface area contributed by atoms with Crippen molar-refractivity contribution >= 4 is 68.4 Å². The van der Waals surface area contributed by atoms with Crippen LogP contribution in [0.15, 0.2) is 37.4 Å². The van der Waals surface area contributed by atoms with Crippen LogP contribution in [-0.2, 0) is 9.59 Å². The van der Waals surface area contributed by atoms with E-state index in [-0.39, 0.29) is 12.3 Å². The van der Waals surface area contributed by atoms with Crippen molar-refractivity contribution < 1.29 is 14.7 Å². The van der Waals surface area contributed by atoms with Crippen LogP contribution in [-0.4, -0.2) is 43.5 Å². The van der Waals surface area contributed by atoms with Gasteiger partial charge in [0.2, 0.25) is 5.91 Å². The van der Waals surface area contributed by atoms with Crippen molar-refractivity contribution in [2.75, 3.05) is 6.54 Å². The smallest absolute Gasteiger partial charge is 0.303 e. The molecule has 0 aliphatic carbocycles. The summed E-state index contributed by atoms with van der Waals surface area (Å²) < 4.78 is 0. The molecule has 0 fully saturated rings. The third-order valence-corrected chi connectivity index (χ3v) is 10.1. The van der Waals surface area contributed by atoms with Crippen molar-refractivity contribution in [3.8, 4) is 0 Å². The minimum absolute atomic E-state index is 0.0105. The van der Waals surface area contributed by atoms with Gasteiger partial charge in [-0.3, -0.25) is 9.59 Å². The summed E-state index contributed by atoms with van der Waals surface area (Å²) in [5, 5.41) is 12.7. The molecule has 8 bridgehead atoms. The van der Waals surface area contributed by atoms with Gasteiger partial charge in [-0.25, -0.2) is 9.97 Å². The first kappa shape index (κ1) is 36.3. The zero-order chi connectivity index (χ0) is 35.9. The van der Waals surface area contributed by atoms with Crippen LogP contribution in [0, 0.1) is 13.8 Å². The SMILES string of the molecule is C=Cc1c(C)c2cc3[nH]c(cc4nc(cc5nc(cc1[nH]2)C(C)=C5CCC(=O)O)C(CCC(=O)NCCCCCCCC)=C4C)c(C)c3C=C. The number of aryl methyl sites for hydroxylation is 2. The van der Waals surface area contributed by atoms with Gasteiger partial charge in [0.05, 0.1) is 22.8 Å². The van der Waals surface area contributed by atoms with E-state index in [2.05, 4.69) is 68.3 Å². The Morgan fingerprint density at radius 2 is 1.20 bits per heavy atom. The molecule has 0 radical (unpaired) electrons. The van der Waals surface area contributed by atoms with E-state index in [0.717, 1.165) is 96.5 Å². The van der Waals surface area contributed by atoms with E-state index >= 15 is 0 Å². The van der Waals surface area contributed by atoms with Gasteiger partial charge in [-0.05, 0) is 105 Å². The maximum Gasteiger partial charge on any atom is 0.303 e. The molecule has 0 spiro atoms. The molecule has 5 rings (SSSR count). The topological polar surface area (TPSA) is 124 Å². The molecule has 3 aromatic heterocycles. The van der Waals surface area contributed by atoms with E-state index in [1.54, 1.807) is 0 Å². The van der Waals surface area contributed by atoms with E-state index in [0.29, 0.717) is 31.5 Å². The van der Waals surface area contributed by atoms with Crippen LogP contribution in [0.1, 0.15) is 130 Å². The summed E-state index contributed by atoms with van der Waals surface area (Å²) in [5.41, 5.74) is 14.6. The van der Waals surface area contributed by atoms with Gasteiger partial charge in [-0.2, -0.15) is 0 Å². The number of nitrogens with one attached hydrogen (secondary N) is 3. The van der Waals surface area contributed by atoms with Crippen molar-refractivity contribution in [3.05, 3.63) is 82.5 Å². The van der Waals surface area contributed by atoms with Gasteiger partial charge in [0.25, 0.3) is 0 Å². The highest BCUT2D eigenvalue weighted by Crippen LogP contribution is 2.38. The minimum atomic E-state index is -0.860. The van der Waals surface area contributed by atoms with Crippen molar-refractivity contribution in [3.63, 3.8) is 0 Å². The van der Waals surface area contributed by atoms with Gasteiger partial charge < -0.3 is 20.4 Å². The number of unbranched alkanes of at least 4 members (excludes halogenated alkanes) is 5. The first-order valence-corrected chi connectivity index (χ1v) is 18.0. The number of aliphatic carboxylic acids is 1. The fourth-order valence-electron chi connectivity index (χ4n) is 6.99. The standard InChI is InChI=1S/C42H51N5O3/c1-8-11-12-13-14-15-20-43-41(48)18-16-31-27(6)34-21-33-25(4)29(9-2)37(44-33)22-35-26(5)30(10-3)38(45-35)23-36-28(7)32(17-19-42(49)50)40(47-36)24-39(31)46-34/h9-10,21-24,44-45H,2-3,8,11-20H2,1,4-7H3,(H,43,48)(H,49,50). The molecular formula is C42H51N5O3. The number of aromatic nitrogens is 4. The molecule has 8 heteroatoms. The number of allylic oxidation sites excluding steroid dienone is 4. The van der Waals surface area contributed by atoms with Gasteiger partial charge in [0.15, 0.2) is 0 Å². The van der Waals surface area contributed by atoms with Gasteiger partial charge >= 0.3 is 5.97 Å². The molecule has 0 saturated heterocycles. The van der Waals surface area contributed by atoms with E-state index in [9.17, 15) is 14.7 Å². The quantitative estimate of drug-likeness (QED) is 0.120. The van der Waals surface area contributed by atoms with Crippen LogP contribution in [0.25, 0.3) is 56.5 Å². The van der Waals surface area contributed by atoms with E-state index in [4.69, 9.17) is 9.97 Å². The molecular weight excluding hydrogens is 622 g/mol. The lowest BCUT2D eigenvalue weighted by Gasteiger charge is -2.08. The van der Waals surface area contributed by atoms with E-state index < -0.39 is 5.97 Å². The molecule has 1 amide bonds. The number of carbonyl (C=O) groups is 2. The molecule has 2 aliphatic heterocycles. The van der Waals surface area contributed by atoms with Crippen LogP contribution in [0.5, 0.6) is 0 Å². The lowest BCUT2D eigenvalue weighted by Crippen LogP contribution is -2.24. The molecule has 262 valence electrons. The number of aromatic amines is 2. The Morgan fingerprint density at radius 3 is 1.76 bits per heavy atom. The summed E-state index contributed by atoms with van der Waals surface area (Å²) in [5.74, 6) is -0.828. The molecule has 8 nitrogen and oxygen atoms in total. The second-order valence-electron chi connectivity index (χ2n) is 13.5. The van der Waals surface area contributed by atoms with Gasteiger partial charge in [-0.1, -0.05) is 64.3 Å². The highest BCUT2D eigenvalue weighted by Gasteiger charge is 2.23. The lowest BCUT2D eigenvalue weighted by atomic mass is 9.98. The number of fused-ring (bicyclic) bond motifs is 8. The predicted molar refractivity (Wildman–Crippen MR) is 208 cm³/mol. The highest BCUT2D eigenvalue weighted by atomic mass is 16.4. The average Bonchev–Trinajstić information content (AvgIpc) is 3.75. The summed E-state index contributed by atoms with van der Waals surface area (Å²) in [7, 11) is 0. The summed E-state index contributed by atoms with van der Waals surface area (Å²) in [6.07, 6.45) is 12.0. The summed E-state index contributed by atoms with van der Waals surface area (Å²) in [6, 6.07) is 8.15. The molecule has 2 aliphatic rings. The number of carboxylic acids is 1. The predicted octanol–water partition coefficient (Wildman–Crippen LogP) is 10.2. The largest absolute Gasteiger partial charge is 0.481 e. The molecule has 3 aromatic rings. The molecule has 0 unspecified atom stereocenters.